The second-order valence-electron chi connectivity index (χ2n) is 4.13. The zero-order chi connectivity index (χ0) is 13.5. The van der Waals surface area contributed by atoms with Gasteiger partial charge in [-0.15, -0.1) is 0 Å². The molecule has 5 heteroatoms. The minimum Gasteiger partial charge on any atom is -0.493 e. The first kappa shape index (κ1) is 14.3. The summed E-state index contributed by atoms with van der Waals surface area (Å²) in [6.45, 7) is 1.91. The van der Waals surface area contributed by atoms with Gasteiger partial charge >= 0.3 is 0 Å². The largest absolute Gasteiger partial charge is 0.493 e. The first-order chi connectivity index (χ1) is 8.56. The van der Waals surface area contributed by atoms with Crippen molar-refractivity contribution < 1.29 is 14.3 Å². The van der Waals surface area contributed by atoms with E-state index in [4.69, 9.17) is 15.2 Å². The first-order valence-corrected chi connectivity index (χ1v) is 5.82. The Hall–Kier alpha value is -1.75. The van der Waals surface area contributed by atoms with Gasteiger partial charge in [-0.05, 0) is 31.0 Å². The van der Waals surface area contributed by atoms with Crippen LogP contribution in [0.1, 0.15) is 12.5 Å². The van der Waals surface area contributed by atoms with Gasteiger partial charge in [-0.1, -0.05) is 6.07 Å². The fourth-order valence-electron chi connectivity index (χ4n) is 1.55. The number of nitrogens with one attached hydrogen (secondary N) is 1. The summed E-state index contributed by atoms with van der Waals surface area (Å²) in [7, 11) is 3.13. The molecule has 0 bridgehead atoms. The van der Waals surface area contributed by atoms with Crippen LogP contribution < -0.4 is 20.5 Å². The molecule has 3 N–H and O–H groups in total. The Bertz CT molecular complexity index is 405. The molecular weight excluding hydrogens is 232 g/mol. The van der Waals surface area contributed by atoms with E-state index in [1.165, 1.54) is 0 Å². The number of methoxy groups -OCH3 is 1. The van der Waals surface area contributed by atoms with Crippen molar-refractivity contribution in [2.45, 2.75) is 19.4 Å². The summed E-state index contributed by atoms with van der Waals surface area (Å²) in [6.07, 6.45) is 0.750. The molecule has 0 fully saturated rings. The summed E-state index contributed by atoms with van der Waals surface area (Å²) < 4.78 is 10.6. The van der Waals surface area contributed by atoms with E-state index in [1.807, 2.05) is 25.1 Å². The summed E-state index contributed by atoms with van der Waals surface area (Å²) in [4.78, 5) is 11.2. The number of carbonyl (C=O) groups is 1. The Labute approximate surface area is 107 Å². The average Bonchev–Trinajstić information content (AvgIpc) is 2.35. The molecule has 1 rings (SSSR count). The lowest BCUT2D eigenvalue weighted by Gasteiger charge is -2.12. The van der Waals surface area contributed by atoms with Crippen molar-refractivity contribution in [1.82, 2.24) is 5.32 Å². The lowest BCUT2D eigenvalue weighted by molar-refractivity contribution is -0.122. The van der Waals surface area contributed by atoms with E-state index in [-0.39, 0.29) is 18.6 Å². The fraction of sp³-hybridized carbons (Fsp3) is 0.462. The third-order valence-corrected chi connectivity index (χ3v) is 2.42. The molecule has 0 aliphatic heterocycles. The van der Waals surface area contributed by atoms with Crippen LogP contribution in [0.25, 0.3) is 0 Å². The predicted molar refractivity (Wildman–Crippen MR) is 69.9 cm³/mol. The highest BCUT2D eigenvalue weighted by molar-refractivity contribution is 5.77. The normalized spacial score (nSPS) is 11.8. The van der Waals surface area contributed by atoms with Gasteiger partial charge in [-0.2, -0.15) is 0 Å². The van der Waals surface area contributed by atoms with Crippen molar-refractivity contribution in [3.05, 3.63) is 23.8 Å². The van der Waals surface area contributed by atoms with Gasteiger partial charge in [-0.25, -0.2) is 0 Å². The van der Waals surface area contributed by atoms with Crippen LogP contribution in [0.5, 0.6) is 11.5 Å². The van der Waals surface area contributed by atoms with E-state index in [0.29, 0.717) is 11.5 Å². The zero-order valence-corrected chi connectivity index (χ0v) is 11.0. The topological polar surface area (TPSA) is 73.6 Å². The molecule has 100 valence electrons. The number of carbonyl (C=O) groups excluding carboxylic acids is 1. The summed E-state index contributed by atoms with van der Waals surface area (Å²) >= 11 is 0. The summed E-state index contributed by atoms with van der Waals surface area (Å²) in [5.74, 6) is 0.973. The molecule has 1 aromatic rings. The minimum absolute atomic E-state index is 0.0332. The molecule has 0 saturated heterocycles. The lowest BCUT2D eigenvalue weighted by Crippen LogP contribution is -2.25. The number of benzene rings is 1. The van der Waals surface area contributed by atoms with Crippen LogP contribution in [0, 0.1) is 0 Å². The third-order valence-electron chi connectivity index (χ3n) is 2.42. The maximum atomic E-state index is 11.2. The van der Waals surface area contributed by atoms with Crippen molar-refractivity contribution in [3.63, 3.8) is 0 Å². The van der Waals surface area contributed by atoms with Crippen molar-refractivity contribution >= 4 is 5.91 Å². The molecule has 1 amide bonds. The molecular formula is C13H20N2O3. The van der Waals surface area contributed by atoms with Crippen molar-refractivity contribution in [2.24, 2.45) is 5.73 Å². The third kappa shape index (κ3) is 4.25. The molecule has 1 atom stereocenters. The minimum atomic E-state index is -0.186. The molecule has 0 aliphatic rings. The second-order valence-corrected chi connectivity index (χ2v) is 4.13. The summed E-state index contributed by atoms with van der Waals surface area (Å²) in [6, 6.07) is 5.68. The fourth-order valence-corrected chi connectivity index (χ4v) is 1.55. The van der Waals surface area contributed by atoms with Crippen LogP contribution in [0.4, 0.5) is 0 Å². The molecule has 0 saturated carbocycles. The molecule has 0 spiro atoms. The average molecular weight is 252 g/mol. The van der Waals surface area contributed by atoms with E-state index in [9.17, 15) is 4.79 Å². The quantitative estimate of drug-likeness (QED) is 0.782. The number of ether oxygens (including phenoxy) is 2. The Morgan fingerprint density at radius 1 is 1.44 bits per heavy atom. The SMILES string of the molecule is CNC(=O)COc1cc(CC(C)N)ccc1OC. The Morgan fingerprint density at radius 2 is 2.17 bits per heavy atom. The van der Waals surface area contributed by atoms with E-state index in [2.05, 4.69) is 5.32 Å². The molecule has 0 radical (unpaired) electrons. The van der Waals surface area contributed by atoms with Crippen molar-refractivity contribution in [2.75, 3.05) is 20.8 Å². The van der Waals surface area contributed by atoms with E-state index >= 15 is 0 Å². The van der Waals surface area contributed by atoms with Crippen LogP contribution in [0.2, 0.25) is 0 Å². The number of likely N-dealkylation sites (N-methyl/N-ethyl adjacent to an activating group) is 1. The Kier molecular flexibility index (Phi) is 5.45. The zero-order valence-electron chi connectivity index (χ0n) is 11.0. The predicted octanol–water partition coefficient (Wildman–Crippen LogP) is 0.710. The van der Waals surface area contributed by atoms with Crippen LogP contribution in [0.15, 0.2) is 18.2 Å². The lowest BCUT2D eigenvalue weighted by atomic mass is 10.1. The summed E-state index contributed by atoms with van der Waals surface area (Å²) in [5, 5.41) is 2.49. The maximum absolute atomic E-state index is 11.2. The monoisotopic (exact) mass is 252 g/mol. The molecule has 0 heterocycles. The van der Waals surface area contributed by atoms with Gasteiger partial charge in [0.1, 0.15) is 0 Å². The molecule has 1 aromatic carbocycles. The van der Waals surface area contributed by atoms with Gasteiger partial charge in [0.2, 0.25) is 0 Å². The Balaban J connectivity index is 2.81. The Morgan fingerprint density at radius 3 is 2.72 bits per heavy atom. The molecule has 0 aromatic heterocycles. The highest BCUT2D eigenvalue weighted by Crippen LogP contribution is 2.28. The van der Waals surface area contributed by atoms with Gasteiger partial charge in [0.05, 0.1) is 7.11 Å². The van der Waals surface area contributed by atoms with Gasteiger partial charge in [0.15, 0.2) is 18.1 Å². The molecule has 5 nitrogen and oxygen atoms in total. The molecule has 1 unspecified atom stereocenters. The van der Waals surface area contributed by atoms with Crippen LogP contribution in [-0.4, -0.2) is 32.7 Å². The van der Waals surface area contributed by atoms with Crippen molar-refractivity contribution in [1.29, 1.82) is 0 Å². The van der Waals surface area contributed by atoms with Crippen LogP contribution in [-0.2, 0) is 11.2 Å². The van der Waals surface area contributed by atoms with E-state index in [1.54, 1.807) is 14.2 Å². The van der Waals surface area contributed by atoms with Crippen molar-refractivity contribution in [3.8, 4) is 11.5 Å². The second kappa shape index (κ2) is 6.86. The maximum Gasteiger partial charge on any atom is 0.257 e. The van der Waals surface area contributed by atoms with Gasteiger partial charge in [-0.3, -0.25) is 4.79 Å². The smallest absolute Gasteiger partial charge is 0.257 e. The standard InChI is InChI=1S/C13H20N2O3/c1-9(14)6-10-4-5-11(17-3)12(7-10)18-8-13(16)15-2/h4-5,7,9H,6,8,14H2,1-3H3,(H,15,16). The molecule has 18 heavy (non-hydrogen) atoms. The van der Waals surface area contributed by atoms with E-state index < -0.39 is 0 Å². The van der Waals surface area contributed by atoms with E-state index in [0.717, 1.165) is 12.0 Å². The van der Waals surface area contributed by atoms with Gasteiger partial charge < -0.3 is 20.5 Å². The van der Waals surface area contributed by atoms with Crippen LogP contribution >= 0.6 is 0 Å². The highest BCUT2D eigenvalue weighted by atomic mass is 16.5. The number of hydrogen-bond acceptors (Lipinski definition) is 4. The molecule has 0 aliphatic carbocycles. The van der Waals surface area contributed by atoms with Gasteiger partial charge in [0, 0.05) is 13.1 Å². The number of amides is 1. The van der Waals surface area contributed by atoms with Crippen LogP contribution in [0.3, 0.4) is 0 Å². The first-order valence-electron chi connectivity index (χ1n) is 5.82. The number of rotatable bonds is 6. The highest BCUT2D eigenvalue weighted by Gasteiger charge is 2.08. The number of nitrogens with two attached hydrogens (primary N) is 1. The number of hydrogen-bond donors (Lipinski definition) is 2. The van der Waals surface area contributed by atoms with Gasteiger partial charge in [0.25, 0.3) is 5.91 Å². The summed E-state index contributed by atoms with van der Waals surface area (Å²) in [5.41, 5.74) is 6.81.